The van der Waals surface area contributed by atoms with Crippen molar-refractivity contribution in [1.29, 1.82) is 0 Å². The van der Waals surface area contributed by atoms with E-state index in [9.17, 15) is 9.59 Å². The molecule has 0 unspecified atom stereocenters. The Morgan fingerprint density at radius 2 is 1.72 bits per heavy atom. The number of Topliss-reactive ketones (excluding diaryl/α,β-unsaturated/α-hetero) is 2. The van der Waals surface area contributed by atoms with Crippen LogP contribution in [0.1, 0.15) is 22.3 Å². The molecule has 0 fully saturated rings. The largest absolute Gasteiger partial charge is 0.285 e. The van der Waals surface area contributed by atoms with Crippen LogP contribution in [0, 0.1) is 6.92 Å². The lowest BCUT2D eigenvalue weighted by Crippen LogP contribution is -2.15. The minimum absolute atomic E-state index is 0.438. The minimum atomic E-state index is -0.457. The molecule has 0 aromatic heterocycles. The van der Waals surface area contributed by atoms with E-state index in [2.05, 4.69) is 0 Å². The Hall–Kier alpha value is -2.22. The molecule has 2 rings (SSSR count). The number of rotatable bonds is 3. The summed E-state index contributed by atoms with van der Waals surface area (Å²) in [5, 5.41) is 0. The van der Waals surface area contributed by atoms with Gasteiger partial charge in [0.25, 0.3) is 0 Å². The van der Waals surface area contributed by atoms with E-state index < -0.39 is 11.6 Å². The number of benzene rings is 1. The predicted octanol–water partition coefficient (Wildman–Crippen LogP) is 3.19. The number of hydrogen-bond acceptors (Lipinski definition) is 2. The first-order chi connectivity index (χ1) is 8.68. The van der Waals surface area contributed by atoms with Crippen LogP contribution in [-0.2, 0) is 4.79 Å². The van der Waals surface area contributed by atoms with E-state index in [-0.39, 0.29) is 0 Å². The molecule has 0 saturated heterocycles. The highest BCUT2D eigenvalue weighted by Crippen LogP contribution is 2.11. The van der Waals surface area contributed by atoms with Crippen LogP contribution in [0.25, 0.3) is 0 Å². The monoisotopic (exact) mass is 238 g/mol. The van der Waals surface area contributed by atoms with Gasteiger partial charge in [0.2, 0.25) is 11.6 Å². The Morgan fingerprint density at radius 1 is 1.00 bits per heavy atom. The first-order valence-electron chi connectivity index (χ1n) is 5.87. The van der Waals surface area contributed by atoms with Crippen LogP contribution in [0.15, 0.2) is 60.2 Å². The van der Waals surface area contributed by atoms with Crippen molar-refractivity contribution in [3.63, 3.8) is 0 Å². The number of ketones is 2. The second-order valence-corrected chi connectivity index (χ2v) is 4.21. The molecular weight excluding hydrogens is 224 g/mol. The van der Waals surface area contributed by atoms with Gasteiger partial charge < -0.3 is 0 Å². The lowest BCUT2D eigenvalue weighted by Gasteiger charge is -2.01. The number of carbonyl (C=O) groups excluding carboxylic acids is 2. The molecule has 1 aliphatic carbocycles. The van der Waals surface area contributed by atoms with Crippen LogP contribution in [-0.4, -0.2) is 11.6 Å². The van der Waals surface area contributed by atoms with Gasteiger partial charge in [0.05, 0.1) is 0 Å². The zero-order valence-electron chi connectivity index (χ0n) is 10.2. The summed E-state index contributed by atoms with van der Waals surface area (Å²) in [7, 11) is 0. The quantitative estimate of drug-likeness (QED) is 0.598. The van der Waals surface area contributed by atoms with Gasteiger partial charge in [-0.05, 0) is 13.3 Å². The van der Waals surface area contributed by atoms with Crippen molar-refractivity contribution in [1.82, 2.24) is 0 Å². The molecule has 0 radical (unpaired) electrons. The molecule has 1 aromatic carbocycles. The third kappa shape index (κ3) is 2.72. The van der Waals surface area contributed by atoms with E-state index in [1.165, 1.54) is 0 Å². The zero-order valence-corrected chi connectivity index (χ0v) is 10.2. The Labute approximate surface area is 106 Å². The summed E-state index contributed by atoms with van der Waals surface area (Å²) in [6, 6.07) is 7.04. The third-order valence-corrected chi connectivity index (χ3v) is 2.76. The van der Waals surface area contributed by atoms with Gasteiger partial charge in [0.15, 0.2) is 0 Å². The molecule has 0 saturated carbocycles. The molecule has 0 atom stereocenters. The first kappa shape index (κ1) is 12.2. The van der Waals surface area contributed by atoms with Crippen molar-refractivity contribution >= 4 is 11.6 Å². The van der Waals surface area contributed by atoms with E-state index in [0.717, 1.165) is 12.0 Å². The van der Waals surface area contributed by atoms with Gasteiger partial charge in [-0.25, -0.2) is 0 Å². The Balaban J connectivity index is 2.24. The minimum Gasteiger partial charge on any atom is -0.285 e. The lowest BCUT2D eigenvalue weighted by atomic mass is 10.0. The van der Waals surface area contributed by atoms with Crippen molar-refractivity contribution in [2.45, 2.75) is 13.3 Å². The topological polar surface area (TPSA) is 34.1 Å². The molecule has 2 nitrogen and oxygen atoms in total. The smallest absolute Gasteiger partial charge is 0.233 e. The van der Waals surface area contributed by atoms with Gasteiger partial charge in [0.1, 0.15) is 0 Å². The molecule has 0 amide bonds. The molecule has 1 aromatic rings. The zero-order chi connectivity index (χ0) is 13.0. The molecule has 90 valence electrons. The van der Waals surface area contributed by atoms with E-state index in [0.29, 0.717) is 11.1 Å². The molecule has 0 spiro atoms. The van der Waals surface area contributed by atoms with Gasteiger partial charge in [0, 0.05) is 11.1 Å². The van der Waals surface area contributed by atoms with E-state index >= 15 is 0 Å². The number of aryl methyl sites for hydroxylation is 1. The first-order valence-corrected chi connectivity index (χ1v) is 5.87. The number of allylic oxidation sites excluding steroid dienone is 6. The summed E-state index contributed by atoms with van der Waals surface area (Å²) in [5.74, 6) is -0.914. The fraction of sp³-hybridized carbons (Fsp3) is 0.125. The molecule has 1 aliphatic rings. The normalized spacial score (nSPS) is 13.9. The van der Waals surface area contributed by atoms with Crippen LogP contribution in [0.4, 0.5) is 0 Å². The van der Waals surface area contributed by atoms with Crippen molar-refractivity contribution in [3.8, 4) is 0 Å². The number of hydrogen-bond donors (Lipinski definition) is 0. The molecule has 2 heteroatoms. The average molecular weight is 238 g/mol. The van der Waals surface area contributed by atoms with Crippen molar-refractivity contribution in [3.05, 3.63) is 71.3 Å². The van der Waals surface area contributed by atoms with Crippen LogP contribution in [0.5, 0.6) is 0 Å². The molecule has 0 heterocycles. The maximum atomic E-state index is 12.0. The standard InChI is InChI=1S/C16H14O2/c1-12-8-10-14(11-9-12)16(18)15(17)13-6-4-2-3-5-7-13/h2,4-11H,3H2,1H3. The average Bonchev–Trinajstić information content (AvgIpc) is 2.67. The summed E-state index contributed by atoms with van der Waals surface area (Å²) in [4.78, 5) is 24.1. The van der Waals surface area contributed by atoms with Crippen molar-refractivity contribution in [2.75, 3.05) is 0 Å². The number of carbonyl (C=O) groups is 2. The van der Waals surface area contributed by atoms with E-state index in [1.54, 1.807) is 30.4 Å². The summed E-state index contributed by atoms with van der Waals surface area (Å²) in [6.07, 6.45) is 9.77. The van der Waals surface area contributed by atoms with Gasteiger partial charge in [-0.1, -0.05) is 60.2 Å². The Morgan fingerprint density at radius 3 is 2.44 bits per heavy atom. The van der Waals surface area contributed by atoms with Gasteiger partial charge >= 0.3 is 0 Å². The van der Waals surface area contributed by atoms with Gasteiger partial charge in [-0.2, -0.15) is 0 Å². The third-order valence-electron chi connectivity index (χ3n) is 2.76. The maximum absolute atomic E-state index is 12.0. The second kappa shape index (κ2) is 5.41. The summed E-state index contributed by atoms with van der Waals surface area (Å²) in [5.41, 5.74) is 1.94. The fourth-order valence-electron chi connectivity index (χ4n) is 1.70. The highest BCUT2D eigenvalue weighted by molar-refractivity contribution is 6.49. The van der Waals surface area contributed by atoms with Crippen molar-refractivity contribution < 1.29 is 9.59 Å². The Kier molecular flexibility index (Phi) is 3.68. The van der Waals surface area contributed by atoms with Gasteiger partial charge in [-0.3, -0.25) is 9.59 Å². The second-order valence-electron chi connectivity index (χ2n) is 4.21. The summed E-state index contributed by atoms with van der Waals surface area (Å²) < 4.78 is 0. The summed E-state index contributed by atoms with van der Waals surface area (Å²) >= 11 is 0. The molecule has 18 heavy (non-hydrogen) atoms. The van der Waals surface area contributed by atoms with Crippen LogP contribution >= 0.6 is 0 Å². The van der Waals surface area contributed by atoms with Crippen molar-refractivity contribution in [2.24, 2.45) is 0 Å². The molecule has 0 aliphatic heterocycles. The highest BCUT2D eigenvalue weighted by Gasteiger charge is 2.18. The lowest BCUT2D eigenvalue weighted by molar-refractivity contribution is -0.111. The highest BCUT2D eigenvalue weighted by atomic mass is 16.2. The molecule has 0 bridgehead atoms. The summed E-state index contributed by atoms with van der Waals surface area (Å²) in [6.45, 7) is 1.94. The molecular formula is C16H14O2. The van der Waals surface area contributed by atoms with E-state index in [4.69, 9.17) is 0 Å². The van der Waals surface area contributed by atoms with Crippen LogP contribution < -0.4 is 0 Å². The van der Waals surface area contributed by atoms with E-state index in [1.807, 2.05) is 31.2 Å². The molecule has 0 N–H and O–H groups in total. The SMILES string of the molecule is Cc1ccc(C(=O)C(=O)C2=CC=CCC=C2)cc1. The Bertz CT molecular complexity index is 557. The van der Waals surface area contributed by atoms with Gasteiger partial charge in [-0.15, -0.1) is 0 Å². The van der Waals surface area contributed by atoms with Crippen LogP contribution in [0.2, 0.25) is 0 Å². The van der Waals surface area contributed by atoms with Crippen LogP contribution in [0.3, 0.4) is 0 Å². The maximum Gasteiger partial charge on any atom is 0.233 e. The predicted molar refractivity (Wildman–Crippen MR) is 71.5 cm³/mol. The fourth-order valence-corrected chi connectivity index (χ4v) is 1.70.